The van der Waals surface area contributed by atoms with Crippen molar-refractivity contribution >= 4 is 40.2 Å². The third-order valence-corrected chi connectivity index (χ3v) is 4.74. The molecule has 128 valence electrons. The zero-order valence-corrected chi connectivity index (χ0v) is 14.9. The number of rotatable bonds is 4. The van der Waals surface area contributed by atoms with Crippen LogP contribution in [0.15, 0.2) is 58.9 Å². The lowest BCUT2D eigenvalue weighted by atomic mass is 10.3. The predicted octanol–water partition coefficient (Wildman–Crippen LogP) is 4.29. The second-order valence-corrected chi connectivity index (χ2v) is 6.67. The van der Waals surface area contributed by atoms with E-state index in [1.807, 2.05) is 17.0 Å². The fraction of sp³-hybridized carbons (Fsp3) is 0.111. The summed E-state index contributed by atoms with van der Waals surface area (Å²) in [5, 5.41) is 5.32. The Kier molecular flexibility index (Phi) is 5.31. The third kappa shape index (κ3) is 4.55. The van der Waals surface area contributed by atoms with E-state index in [1.165, 1.54) is 23.5 Å². The van der Waals surface area contributed by atoms with Crippen LogP contribution in [0.4, 0.5) is 15.8 Å². The van der Waals surface area contributed by atoms with Crippen molar-refractivity contribution in [3.63, 3.8) is 0 Å². The number of nitrogens with one attached hydrogen (secondary N) is 1. The summed E-state index contributed by atoms with van der Waals surface area (Å²) in [4.78, 5) is 17.3. The quantitative estimate of drug-likeness (QED) is 0.726. The van der Waals surface area contributed by atoms with E-state index in [9.17, 15) is 9.18 Å². The van der Waals surface area contributed by atoms with Crippen molar-refractivity contribution in [1.29, 1.82) is 0 Å². The number of benzene rings is 2. The third-order valence-electron chi connectivity index (χ3n) is 3.52. The minimum atomic E-state index is -0.331. The van der Waals surface area contributed by atoms with Gasteiger partial charge in [-0.1, -0.05) is 17.7 Å². The molecule has 0 radical (unpaired) electrons. The number of aromatic nitrogens is 1. The van der Waals surface area contributed by atoms with Gasteiger partial charge in [-0.15, -0.1) is 11.3 Å². The highest BCUT2D eigenvalue weighted by atomic mass is 35.5. The fourth-order valence-corrected chi connectivity index (χ4v) is 3.26. The molecule has 1 aromatic heterocycles. The highest BCUT2D eigenvalue weighted by Crippen LogP contribution is 2.15. The summed E-state index contributed by atoms with van der Waals surface area (Å²) < 4.78 is 15.1. The molecule has 1 N–H and O–H groups in total. The molecule has 0 aliphatic heterocycles. The van der Waals surface area contributed by atoms with Crippen LogP contribution in [0, 0.1) is 5.82 Å². The molecule has 3 rings (SSSR count). The monoisotopic (exact) mass is 375 g/mol. The molecule has 0 atom stereocenters. The fourth-order valence-electron chi connectivity index (χ4n) is 2.22. The summed E-state index contributed by atoms with van der Waals surface area (Å²) in [7, 11) is 1.83. The Morgan fingerprint density at radius 3 is 2.76 bits per heavy atom. The Morgan fingerprint density at radius 1 is 1.28 bits per heavy atom. The smallest absolute Gasteiger partial charge is 0.230 e. The number of anilines is 1. The van der Waals surface area contributed by atoms with Gasteiger partial charge in [-0.3, -0.25) is 4.79 Å². The maximum absolute atomic E-state index is 13.3. The Bertz CT molecular complexity index is 963. The highest BCUT2D eigenvalue weighted by molar-refractivity contribution is 7.07. The van der Waals surface area contributed by atoms with Gasteiger partial charge in [0.15, 0.2) is 4.80 Å². The highest BCUT2D eigenvalue weighted by Gasteiger charge is 2.09. The van der Waals surface area contributed by atoms with E-state index >= 15 is 0 Å². The summed E-state index contributed by atoms with van der Waals surface area (Å²) in [5.41, 5.74) is 2.05. The van der Waals surface area contributed by atoms with E-state index in [-0.39, 0.29) is 18.1 Å². The van der Waals surface area contributed by atoms with E-state index in [0.717, 1.165) is 5.69 Å². The van der Waals surface area contributed by atoms with Crippen LogP contribution in [0.2, 0.25) is 5.02 Å². The molecule has 0 aliphatic carbocycles. The minimum absolute atomic E-state index is 0.131. The Labute approximate surface area is 153 Å². The van der Waals surface area contributed by atoms with Gasteiger partial charge in [0, 0.05) is 28.8 Å². The normalized spacial score (nSPS) is 11.6. The van der Waals surface area contributed by atoms with Gasteiger partial charge >= 0.3 is 0 Å². The molecule has 0 fully saturated rings. The van der Waals surface area contributed by atoms with E-state index in [4.69, 9.17) is 11.6 Å². The number of hydrogen-bond acceptors (Lipinski definition) is 3. The van der Waals surface area contributed by atoms with Crippen molar-refractivity contribution in [2.45, 2.75) is 6.42 Å². The lowest BCUT2D eigenvalue weighted by Gasteiger charge is -2.06. The maximum Gasteiger partial charge on any atom is 0.230 e. The topological polar surface area (TPSA) is 46.4 Å². The van der Waals surface area contributed by atoms with Crippen LogP contribution in [-0.2, 0) is 18.3 Å². The maximum atomic E-state index is 13.3. The first-order valence-electron chi connectivity index (χ1n) is 7.50. The summed E-state index contributed by atoms with van der Waals surface area (Å²) >= 11 is 7.23. The molecule has 2 aromatic carbocycles. The average molecular weight is 376 g/mol. The molecule has 0 unspecified atom stereocenters. The van der Waals surface area contributed by atoms with Crippen LogP contribution in [0.3, 0.4) is 0 Å². The molecular weight excluding hydrogens is 361 g/mol. The van der Waals surface area contributed by atoms with E-state index in [0.29, 0.717) is 21.2 Å². The van der Waals surface area contributed by atoms with E-state index < -0.39 is 0 Å². The van der Waals surface area contributed by atoms with Crippen molar-refractivity contribution in [3.05, 3.63) is 75.2 Å². The van der Waals surface area contributed by atoms with Crippen molar-refractivity contribution in [1.82, 2.24) is 4.57 Å². The molecule has 0 aliphatic rings. The molecule has 25 heavy (non-hydrogen) atoms. The molecular formula is C18H15ClFN3OS. The molecule has 0 spiro atoms. The lowest BCUT2D eigenvalue weighted by molar-refractivity contribution is -0.115. The second-order valence-electron chi connectivity index (χ2n) is 5.39. The van der Waals surface area contributed by atoms with Gasteiger partial charge < -0.3 is 9.88 Å². The Hall–Kier alpha value is -2.44. The van der Waals surface area contributed by atoms with Gasteiger partial charge in [0.1, 0.15) is 5.82 Å². The lowest BCUT2D eigenvalue weighted by Crippen LogP contribution is -2.19. The van der Waals surface area contributed by atoms with Gasteiger partial charge in [0.2, 0.25) is 5.91 Å². The zero-order valence-electron chi connectivity index (χ0n) is 13.4. The van der Waals surface area contributed by atoms with Gasteiger partial charge in [-0.2, -0.15) is 0 Å². The largest absolute Gasteiger partial charge is 0.326 e. The number of hydrogen-bond donors (Lipinski definition) is 1. The van der Waals surface area contributed by atoms with Gasteiger partial charge in [0.05, 0.1) is 12.1 Å². The van der Waals surface area contributed by atoms with Gasteiger partial charge in [0.25, 0.3) is 0 Å². The van der Waals surface area contributed by atoms with Crippen molar-refractivity contribution in [3.8, 4) is 0 Å². The summed E-state index contributed by atoms with van der Waals surface area (Å²) in [6, 6.07) is 13.0. The average Bonchev–Trinajstić information content (AvgIpc) is 2.90. The van der Waals surface area contributed by atoms with Crippen molar-refractivity contribution in [2.75, 3.05) is 5.32 Å². The number of nitrogens with zero attached hydrogens (tertiary/aromatic N) is 2. The molecule has 4 nitrogen and oxygen atoms in total. The SMILES string of the molecule is Cn1c(CC(=O)Nc2ccc(Cl)cc2)csc1=Nc1cccc(F)c1. The minimum Gasteiger partial charge on any atom is -0.326 e. The van der Waals surface area contributed by atoms with Crippen LogP contribution in [0.5, 0.6) is 0 Å². The summed E-state index contributed by atoms with van der Waals surface area (Å²) in [5.74, 6) is -0.462. The number of carbonyl (C=O) groups excluding carboxylic acids is 1. The van der Waals surface area contributed by atoms with Crippen LogP contribution in [0.1, 0.15) is 5.69 Å². The molecule has 7 heteroatoms. The van der Waals surface area contributed by atoms with E-state index in [2.05, 4.69) is 10.3 Å². The first-order chi connectivity index (χ1) is 12.0. The second kappa shape index (κ2) is 7.63. The predicted molar refractivity (Wildman–Crippen MR) is 98.7 cm³/mol. The molecule has 1 heterocycles. The van der Waals surface area contributed by atoms with Crippen LogP contribution in [0.25, 0.3) is 0 Å². The molecule has 0 bridgehead atoms. The van der Waals surface area contributed by atoms with Crippen molar-refractivity contribution in [2.24, 2.45) is 12.0 Å². The Morgan fingerprint density at radius 2 is 2.04 bits per heavy atom. The standard InChI is InChI=1S/C18H15ClFN3OS/c1-23-16(10-17(24)21-14-7-5-12(19)6-8-14)11-25-18(23)22-15-4-2-3-13(20)9-15/h2-9,11H,10H2,1H3,(H,21,24). The first-order valence-corrected chi connectivity index (χ1v) is 8.76. The number of carbonyl (C=O) groups is 1. The molecule has 1 amide bonds. The van der Waals surface area contributed by atoms with Crippen LogP contribution >= 0.6 is 22.9 Å². The molecule has 0 saturated heterocycles. The van der Waals surface area contributed by atoms with Crippen LogP contribution < -0.4 is 10.1 Å². The van der Waals surface area contributed by atoms with Crippen molar-refractivity contribution < 1.29 is 9.18 Å². The van der Waals surface area contributed by atoms with E-state index in [1.54, 1.807) is 36.4 Å². The first kappa shape index (κ1) is 17.4. The van der Waals surface area contributed by atoms with Crippen LogP contribution in [-0.4, -0.2) is 10.5 Å². The van der Waals surface area contributed by atoms with Gasteiger partial charge in [-0.25, -0.2) is 9.38 Å². The number of halogens is 2. The summed E-state index contributed by atoms with van der Waals surface area (Å²) in [6.07, 6.45) is 0.217. The Balaban J connectivity index is 1.74. The number of amides is 1. The number of thiazole rings is 1. The molecule has 3 aromatic rings. The summed E-state index contributed by atoms with van der Waals surface area (Å²) in [6.45, 7) is 0. The van der Waals surface area contributed by atoms with Gasteiger partial charge in [-0.05, 0) is 42.5 Å². The molecule has 0 saturated carbocycles. The zero-order chi connectivity index (χ0) is 17.8.